The Hall–Kier alpha value is -1.06. The fraction of sp³-hybridized carbons (Fsp3) is 0.667. The lowest BCUT2D eigenvalue weighted by atomic mass is 9.99. The van der Waals surface area contributed by atoms with Gasteiger partial charge in [-0.25, -0.2) is 0 Å². The molecule has 0 aromatic heterocycles. The number of hydrogen-bond acceptors (Lipinski definition) is 4. The van der Waals surface area contributed by atoms with Crippen LogP contribution in [0.4, 0.5) is 5.69 Å². The molecule has 1 unspecified atom stereocenters. The molecule has 1 aromatic rings. The number of rotatable bonds is 8. The second kappa shape index (κ2) is 12.5. The lowest BCUT2D eigenvalue weighted by molar-refractivity contribution is 0.0888. The maximum absolute atomic E-state index is 5.74. The molecule has 1 atom stereocenters. The van der Waals surface area contributed by atoms with Gasteiger partial charge in [-0.15, -0.1) is 24.0 Å². The van der Waals surface area contributed by atoms with Crippen LogP contribution in [0, 0.1) is 5.92 Å². The highest BCUT2D eigenvalue weighted by atomic mass is 127. The van der Waals surface area contributed by atoms with Crippen LogP contribution in [0.5, 0.6) is 0 Å². The summed E-state index contributed by atoms with van der Waals surface area (Å²) in [6.45, 7) is 6.13. The number of ether oxygens (including phenoxy) is 2. The van der Waals surface area contributed by atoms with Gasteiger partial charge in [0.15, 0.2) is 5.96 Å². The fourth-order valence-electron chi connectivity index (χ4n) is 3.70. The van der Waals surface area contributed by atoms with E-state index in [-0.39, 0.29) is 24.0 Å². The van der Waals surface area contributed by atoms with Gasteiger partial charge in [-0.2, -0.15) is 0 Å². The largest absolute Gasteiger partial charge is 0.381 e. The van der Waals surface area contributed by atoms with Crippen LogP contribution >= 0.6 is 24.0 Å². The van der Waals surface area contributed by atoms with Crippen molar-refractivity contribution in [3.8, 4) is 0 Å². The first kappa shape index (κ1) is 23.2. The van der Waals surface area contributed by atoms with Gasteiger partial charge in [0.1, 0.15) is 0 Å². The first-order chi connectivity index (χ1) is 13.3. The summed E-state index contributed by atoms with van der Waals surface area (Å²) in [5, 5.41) is 6.77. The van der Waals surface area contributed by atoms with E-state index in [9.17, 15) is 0 Å². The average molecular weight is 502 g/mol. The number of anilines is 1. The van der Waals surface area contributed by atoms with Gasteiger partial charge in [-0.3, -0.25) is 4.99 Å². The number of fused-ring (bicyclic) bond motifs is 1. The van der Waals surface area contributed by atoms with Crippen LogP contribution in [-0.2, 0) is 22.4 Å². The summed E-state index contributed by atoms with van der Waals surface area (Å²) in [4.78, 5) is 6.66. The van der Waals surface area contributed by atoms with E-state index < -0.39 is 0 Å². The predicted molar refractivity (Wildman–Crippen MR) is 126 cm³/mol. The van der Waals surface area contributed by atoms with Gasteiger partial charge in [0.05, 0.1) is 13.2 Å². The van der Waals surface area contributed by atoms with Crippen molar-refractivity contribution < 1.29 is 9.47 Å². The summed E-state index contributed by atoms with van der Waals surface area (Å²) in [5.74, 6) is 1.43. The van der Waals surface area contributed by atoms with E-state index in [2.05, 4.69) is 45.8 Å². The summed E-state index contributed by atoms with van der Waals surface area (Å²) < 4.78 is 11.1. The summed E-state index contributed by atoms with van der Waals surface area (Å²) in [6, 6.07) is 6.78. The smallest absolute Gasteiger partial charge is 0.191 e. The zero-order chi connectivity index (χ0) is 18.9. The Bertz CT molecular complexity index is 620. The fourth-order valence-corrected chi connectivity index (χ4v) is 3.70. The van der Waals surface area contributed by atoms with Gasteiger partial charge in [0.25, 0.3) is 0 Å². The molecule has 0 spiro atoms. The number of hydrogen-bond donors (Lipinski definition) is 2. The van der Waals surface area contributed by atoms with E-state index in [4.69, 9.17) is 9.47 Å². The van der Waals surface area contributed by atoms with Gasteiger partial charge in [-0.05, 0) is 42.9 Å². The van der Waals surface area contributed by atoms with E-state index in [0.29, 0.717) is 5.92 Å². The van der Waals surface area contributed by atoms with Gasteiger partial charge < -0.3 is 25.0 Å². The van der Waals surface area contributed by atoms with Gasteiger partial charge in [0, 0.05) is 58.5 Å². The molecule has 2 heterocycles. The number of benzene rings is 1. The van der Waals surface area contributed by atoms with E-state index in [1.165, 1.54) is 29.7 Å². The Morgan fingerprint density at radius 1 is 1.36 bits per heavy atom. The van der Waals surface area contributed by atoms with Crippen molar-refractivity contribution in [2.75, 3.05) is 58.5 Å². The second-order valence-electron chi connectivity index (χ2n) is 7.50. The third kappa shape index (κ3) is 7.08. The van der Waals surface area contributed by atoms with Gasteiger partial charge in [0.2, 0.25) is 0 Å². The van der Waals surface area contributed by atoms with Gasteiger partial charge in [-0.1, -0.05) is 12.1 Å². The summed E-state index contributed by atoms with van der Waals surface area (Å²) >= 11 is 0. The topological polar surface area (TPSA) is 58.1 Å². The molecule has 2 aliphatic rings. The Labute approximate surface area is 186 Å². The predicted octanol–water partition coefficient (Wildman–Crippen LogP) is 2.80. The van der Waals surface area contributed by atoms with Crippen LogP contribution in [-0.4, -0.2) is 59.6 Å². The molecule has 2 N–H and O–H groups in total. The molecule has 0 saturated carbocycles. The molecule has 2 aliphatic heterocycles. The molecule has 7 heteroatoms. The molecule has 0 aliphatic carbocycles. The minimum Gasteiger partial charge on any atom is -0.381 e. The van der Waals surface area contributed by atoms with Crippen molar-refractivity contribution in [1.82, 2.24) is 10.6 Å². The molecular formula is C21H35IN4O2. The van der Waals surface area contributed by atoms with E-state index >= 15 is 0 Å². The zero-order valence-electron chi connectivity index (χ0n) is 17.2. The molecule has 0 amide bonds. The number of guanidine groups is 1. The van der Waals surface area contributed by atoms with Crippen molar-refractivity contribution in [2.24, 2.45) is 10.9 Å². The number of aryl methyl sites for hydroxylation is 1. The molecule has 3 rings (SSSR count). The van der Waals surface area contributed by atoms with Crippen LogP contribution in [0.25, 0.3) is 0 Å². The Morgan fingerprint density at radius 2 is 2.25 bits per heavy atom. The first-order valence-electron chi connectivity index (χ1n) is 10.2. The van der Waals surface area contributed by atoms with Crippen molar-refractivity contribution in [2.45, 2.75) is 32.2 Å². The molecule has 28 heavy (non-hydrogen) atoms. The lowest BCUT2D eigenvalue weighted by Gasteiger charge is -2.28. The molecule has 1 aromatic carbocycles. The Morgan fingerprint density at radius 3 is 3.04 bits per heavy atom. The van der Waals surface area contributed by atoms with Crippen molar-refractivity contribution in [3.05, 3.63) is 29.3 Å². The molecule has 0 radical (unpaired) electrons. The lowest BCUT2D eigenvalue weighted by Crippen LogP contribution is -2.37. The molecule has 1 fully saturated rings. The minimum atomic E-state index is 0. The summed E-state index contributed by atoms with van der Waals surface area (Å²) in [7, 11) is 3.99. The average Bonchev–Trinajstić information content (AvgIpc) is 3.20. The SMILES string of the molecule is CN=C(NCCCOCC1CCOC1)NCc1ccc2c(c1)CCCN2C.I. The van der Waals surface area contributed by atoms with E-state index in [0.717, 1.165) is 64.9 Å². The van der Waals surface area contributed by atoms with E-state index in [1.54, 1.807) is 0 Å². The normalized spacial score (nSPS) is 19.1. The zero-order valence-corrected chi connectivity index (χ0v) is 19.5. The third-order valence-electron chi connectivity index (χ3n) is 5.31. The number of nitrogens with one attached hydrogen (secondary N) is 2. The van der Waals surface area contributed by atoms with Crippen molar-refractivity contribution in [3.63, 3.8) is 0 Å². The first-order valence-corrected chi connectivity index (χ1v) is 10.2. The molecule has 1 saturated heterocycles. The standard InChI is InChI=1S/C21H34N4O2.HI/c1-22-21(23-9-4-11-26-15-18-8-12-27-16-18)24-14-17-6-7-20-19(13-17)5-3-10-25(20)2;/h6-7,13,18H,3-5,8-12,14-16H2,1-2H3,(H2,22,23,24);1H. The summed E-state index contributed by atoms with van der Waals surface area (Å²) in [5.41, 5.74) is 4.13. The molecule has 158 valence electrons. The Kier molecular flexibility index (Phi) is 10.4. The quantitative estimate of drug-likeness (QED) is 0.248. The van der Waals surface area contributed by atoms with Crippen LogP contribution in [0.3, 0.4) is 0 Å². The van der Waals surface area contributed by atoms with E-state index in [1.807, 2.05) is 7.05 Å². The number of aliphatic imine (C=N–C) groups is 1. The summed E-state index contributed by atoms with van der Waals surface area (Å²) in [6.07, 6.45) is 4.51. The van der Waals surface area contributed by atoms with Crippen molar-refractivity contribution in [1.29, 1.82) is 0 Å². The minimum absolute atomic E-state index is 0. The van der Waals surface area contributed by atoms with Crippen LogP contribution in [0.2, 0.25) is 0 Å². The monoisotopic (exact) mass is 502 g/mol. The van der Waals surface area contributed by atoms with Crippen LogP contribution in [0.1, 0.15) is 30.4 Å². The maximum atomic E-state index is 5.74. The van der Waals surface area contributed by atoms with Crippen LogP contribution < -0.4 is 15.5 Å². The molecule has 0 bridgehead atoms. The maximum Gasteiger partial charge on any atom is 0.191 e. The second-order valence-corrected chi connectivity index (χ2v) is 7.50. The Balaban J connectivity index is 0.00000280. The molecule has 6 nitrogen and oxygen atoms in total. The molecular weight excluding hydrogens is 467 g/mol. The van der Waals surface area contributed by atoms with Gasteiger partial charge >= 0.3 is 0 Å². The third-order valence-corrected chi connectivity index (χ3v) is 5.31. The highest BCUT2D eigenvalue weighted by Crippen LogP contribution is 2.26. The number of nitrogens with zero attached hydrogens (tertiary/aromatic N) is 2. The number of halogens is 1. The highest BCUT2D eigenvalue weighted by molar-refractivity contribution is 14.0. The van der Waals surface area contributed by atoms with Crippen LogP contribution in [0.15, 0.2) is 23.2 Å². The van der Waals surface area contributed by atoms with Crippen molar-refractivity contribution >= 4 is 35.6 Å². The highest BCUT2D eigenvalue weighted by Gasteiger charge is 2.15.